The first kappa shape index (κ1) is 19.0. The molecule has 1 heterocycles. The highest BCUT2D eigenvalue weighted by atomic mass is 32.1. The molecule has 0 aliphatic rings. The van der Waals surface area contributed by atoms with Gasteiger partial charge >= 0.3 is 0 Å². The van der Waals surface area contributed by atoms with Gasteiger partial charge in [-0.1, -0.05) is 35.9 Å². The summed E-state index contributed by atoms with van der Waals surface area (Å²) in [5, 5.41) is 12.1. The molecule has 3 aromatic rings. The van der Waals surface area contributed by atoms with Crippen LogP contribution in [0.1, 0.15) is 12.0 Å². The molecule has 5 nitrogen and oxygen atoms in total. The maximum atomic E-state index is 12.5. The van der Waals surface area contributed by atoms with E-state index in [1.807, 2.05) is 31.2 Å². The second-order valence-corrected chi connectivity index (χ2v) is 7.76. The average molecular weight is 399 g/mol. The summed E-state index contributed by atoms with van der Waals surface area (Å²) >= 11 is 6.72. The summed E-state index contributed by atoms with van der Waals surface area (Å²) in [6.07, 6.45) is 0.107. The molecule has 0 aliphatic heterocycles. The van der Waals surface area contributed by atoms with E-state index in [-0.39, 0.29) is 30.2 Å². The molecular weight excluding hydrogens is 380 g/mol. The van der Waals surface area contributed by atoms with E-state index in [2.05, 4.69) is 5.32 Å². The van der Waals surface area contributed by atoms with Gasteiger partial charge in [0.15, 0.2) is 3.95 Å². The van der Waals surface area contributed by atoms with Crippen molar-refractivity contribution in [2.24, 2.45) is 0 Å². The largest absolute Gasteiger partial charge is 0.508 e. The minimum atomic E-state index is -0.255. The standard InChI is InChI=1S/C20H18N2O3S2/c1-13-5-7-14(8-6-13)17-12-19(25)22(20(26)27-17)10-9-18(24)21-15-3-2-4-16(23)11-15/h2-8,11-12,23H,9-10H2,1H3,(H,21,24). The topological polar surface area (TPSA) is 71.3 Å². The first-order valence-corrected chi connectivity index (χ1v) is 9.56. The summed E-state index contributed by atoms with van der Waals surface area (Å²) in [4.78, 5) is 25.4. The SMILES string of the molecule is Cc1ccc(-c2cc(=O)n(CCC(=O)Nc3cccc(O)c3)c(=S)s2)cc1. The number of anilines is 1. The van der Waals surface area contributed by atoms with Crippen LogP contribution < -0.4 is 10.9 Å². The van der Waals surface area contributed by atoms with Crippen molar-refractivity contribution in [3.8, 4) is 16.2 Å². The smallest absolute Gasteiger partial charge is 0.253 e. The van der Waals surface area contributed by atoms with Gasteiger partial charge in [-0.05, 0) is 36.8 Å². The van der Waals surface area contributed by atoms with E-state index < -0.39 is 0 Å². The number of hydrogen-bond acceptors (Lipinski definition) is 5. The van der Waals surface area contributed by atoms with Gasteiger partial charge < -0.3 is 10.4 Å². The van der Waals surface area contributed by atoms with Crippen LogP contribution in [0.2, 0.25) is 0 Å². The fraction of sp³-hybridized carbons (Fsp3) is 0.150. The van der Waals surface area contributed by atoms with Gasteiger partial charge in [-0.3, -0.25) is 14.2 Å². The van der Waals surface area contributed by atoms with E-state index >= 15 is 0 Å². The highest BCUT2D eigenvalue weighted by Crippen LogP contribution is 2.23. The van der Waals surface area contributed by atoms with Crippen molar-refractivity contribution >= 4 is 35.1 Å². The van der Waals surface area contributed by atoms with Gasteiger partial charge in [0.05, 0.1) is 0 Å². The lowest BCUT2D eigenvalue weighted by molar-refractivity contribution is -0.116. The molecule has 0 bridgehead atoms. The Labute approximate surface area is 165 Å². The van der Waals surface area contributed by atoms with Crippen LogP contribution in [0, 0.1) is 10.9 Å². The summed E-state index contributed by atoms with van der Waals surface area (Å²) in [6, 6.07) is 15.8. The van der Waals surface area contributed by atoms with Crippen LogP contribution >= 0.6 is 23.6 Å². The van der Waals surface area contributed by atoms with Gasteiger partial charge in [-0.2, -0.15) is 0 Å². The minimum Gasteiger partial charge on any atom is -0.508 e. The van der Waals surface area contributed by atoms with Crippen molar-refractivity contribution in [2.45, 2.75) is 19.9 Å². The lowest BCUT2D eigenvalue weighted by atomic mass is 10.1. The Morgan fingerprint density at radius 2 is 1.93 bits per heavy atom. The van der Waals surface area contributed by atoms with Crippen LogP contribution in [0.4, 0.5) is 5.69 Å². The van der Waals surface area contributed by atoms with E-state index in [0.29, 0.717) is 9.64 Å². The molecule has 0 unspecified atom stereocenters. The van der Waals surface area contributed by atoms with Crippen LogP contribution in [-0.4, -0.2) is 15.6 Å². The Hall–Kier alpha value is -2.77. The van der Waals surface area contributed by atoms with Crippen molar-refractivity contribution in [1.29, 1.82) is 0 Å². The highest BCUT2D eigenvalue weighted by Gasteiger charge is 2.08. The van der Waals surface area contributed by atoms with Gasteiger partial charge in [0, 0.05) is 35.7 Å². The normalized spacial score (nSPS) is 10.6. The van der Waals surface area contributed by atoms with Crippen LogP contribution in [0.15, 0.2) is 59.4 Å². The number of benzene rings is 2. The van der Waals surface area contributed by atoms with Crippen LogP contribution in [0.5, 0.6) is 5.75 Å². The number of phenols is 1. The number of rotatable bonds is 5. The predicted molar refractivity (Wildman–Crippen MR) is 111 cm³/mol. The Balaban J connectivity index is 1.72. The zero-order valence-corrected chi connectivity index (χ0v) is 16.3. The number of carbonyl (C=O) groups excluding carboxylic acids is 1. The first-order chi connectivity index (χ1) is 12.9. The number of nitrogens with zero attached hydrogens (tertiary/aromatic N) is 1. The molecule has 1 amide bonds. The molecule has 0 spiro atoms. The number of carbonyl (C=O) groups is 1. The van der Waals surface area contributed by atoms with Crippen molar-refractivity contribution in [1.82, 2.24) is 4.57 Å². The van der Waals surface area contributed by atoms with Crippen LogP contribution in [0.25, 0.3) is 10.4 Å². The summed E-state index contributed by atoms with van der Waals surface area (Å²) in [6.45, 7) is 2.21. The molecule has 1 aromatic heterocycles. The molecule has 0 saturated carbocycles. The quantitative estimate of drug-likeness (QED) is 0.627. The molecule has 7 heteroatoms. The Bertz CT molecular complexity index is 1050. The van der Waals surface area contributed by atoms with Gasteiger partial charge in [0.25, 0.3) is 5.56 Å². The number of aromatic nitrogens is 1. The molecule has 0 atom stereocenters. The Morgan fingerprint density at radius 3 is 2.59 bits per heavy atom. The summed E-state index contributed by atoms with van der Waals surface area (Å²) in [7, 11) is 0. The maximum absolute atomic E-state index is 12.5. The second kappa shape index (κ2) is 8.28. The summed E-state index contributed by atoms with van der Waals surface area (Å²) in [5.74, 6) is -0.181. The van der Waals surface area contributed by atoms with Crippen LogP contribution in [-0.2, 0) is 11.3 Å². The highest BCUT2D eigenvalue weighted by molar-refractivity contribution is 7.73. The fourth-order valence-electron chi connectivity index (χ4n) is 2.54. The number of amides is 1. The molecule has 2 aromatic carbocycles. The van der Waals surface area contributed by atoms with Gasteiger partial charge in [-0.25, -0.2) is 0 Å². The molecular formula is C20H18N2O3S2. The third kappa shape index (κ3) is 4.90. The van der Waals surface area contributed by atoms with Crippen molar-refractivity contribution in [3.05, 3.63) is 74.5 Å². The van der Waals surface area contributed by atoms with Gasteiger partial charge in [0.2, 0.25) is 5.91 Å². The number of nitrogens with one attached hydrogen (secondary N) is 1. The number of phenolic OH excluding ortho intramolecular Hbond substituents is 1. The van der Waals surface area contributed by atoms with Gasteiger partial charge in [0.1, 0.15) is 5.75 Å². The van der Waals surface area contributed by atoms with Crippen molar-refractivity contribution in [2.75, 3.05) is 5.32 Å². The lowest BCUT2D eigenvalue weighted by Gasteiger charge is -2.09. The molecule has 3 rings (SSSR count). The van der Waals surface area contributed by atoms with Crippen molar-refractivity contribution in [3.63, 3.8) is 0 Å². The van der Waals surface area contributed by atoms with Gasteiger partial charge in [-0.15, -0.1) is 11.3 Å². The Morgan fingerprint density at radius 1 is 1.19 bits per heavy atom. The molecule has 0 fully saturated rings. The number of aryl methyl sites for hydroxylation is 1. The fourth-order valence-corrected chi connectivity index (χ4v) is 3.88. The molecule has 0 aliphatic carbocycles. The minimum absolute atomic E-state index is 0.0744. The number of hydrogen-bond donors (Lipinski definition) is 2. The predicted octanol–water partition coefficient (Wildman–Crippen LogP) is 4.35. The lowest BCUT2D eigenvalue weighted by Crippen LogP contribution is -2.22. The first-order valence-electron chi connectivity index (χ1n) is 8.33. The average Bonchev–Trinajstić information content (AvgIpc) is 2.61. The monoisotopic (exact) mass is 398 g/mol. The Kier molecular flexibility index (Phi) is 5.83. The van der Waals surface area contributed by atoms with Crippen LogP contribution in [0.3, 0.4) is 0 Å². The maximum Gasteiger partial charge on any atom is 0.253 e. The van der Waals surface area contributed by atoms with Crippen molar-refractivity contribution < 1.29 is 9.90 Å². The molecule has 0 radical (unpaired) electrons. The number of aromatic hydroxyl groups is 1. The zero-order chi connectivity index (χ0) is 19.4. The zero-order valence-electron chi connectivity index (χ0n) is 14.6. The molecule has 0 saturated heterocycles. The summed E-state index contributed by atoms with van der Waals surface area (Å²) < 4.78 is 1.86. The molecule has 2 N–H and O–H groups in total. The molecule has 27 heavy (non-hydrogen) atoms. The van der Waals surface area contributed by atoms with E-state index in [0.717, 1.165) is 16.0 Å². The van der Waals surface area contributed by atoms with E-state index in [1.54, 1.807) is 18.2 Å². The van der Waals surface area contributed by atoms with E-state index in [9.17, 15) is 14.7 Å². The van der Waals surface area contributed by atoms with E-state index in [4.69, 9.17) is 12.2 Å². The third-order valence-corrected chi connectivity index (χ3v) is 5.41. The summed E-state index contributed by atoms with van der Waals surface area (Å²) in [5.41, 5.74) is 2.37. The molecule has 138 valence electrons. The van der Waals surface area contributed by atoms with E-state index in [1.165, 1.54) is 28.0 Å². The third-order valence-electron chi connectivity index (χ3n) is 3.97. The second-order valence-electron chi connectivity index (χ2n) is 6.08.